The second kappa shape index (κ2) is 10.1. The number of benzene rings is 3. The first-order valence-electron chi connectivity index (χ1n) is 13.0. The van der Waals surface area contributed by atoms with Crippen LogP contribution in [0.5, 0.6) is 5.75 Å². The van der Waals surface area contributed by atoms with Crippen LogP contribution in [0.3, 0.4) is 0 Å². The molecule has 1 heterocycles. The van der Waals surface area contributed by atoms with Gasteiger partial charge in [0, 0.05) is 16.0 Å². The summed E-state index contributed by atoms with van der Waals surface area (Å²) in [6.45, 7) is 0. The van der Waals surface area contributed by atoms with Gasteiger partial charge in [-0.05, 0) is 54.7 Å². The molecule has 0 atom stereocenters. The molecular formula is C31H29ClN4O2. The Morgan fingerprint density at radius 3 is 2.53 bits per heavy atom. The first-order valence-corrected chi connectivity index (χ1v) is 13.4. The van der Waals surface area contributed by atoms with Gasteiger partial charge in [-0.1, -0.05) is 79.4 Å². The van der Waals surface area contributed by atoms with Crippen LogP contribution < -0.4 is 15.7 Å². The highest BCUT2D eigenvalue weighted by Crippen LogP contribution is 2.49. The first-order chi connectivity index (χ1) is 18.6. The van der Waals surface area contributed by atoms with Gasteiger partial charge >= 0.3 is 0 Å². The summed E-state index contributed by atoms with van der Waals surface area (Å²) >= 11 is 6.03. The average molecular weight is 525 g/mol. The Morgan fingerprint density at radius 2 is 1.74 bits per heavy atom. The number of fused-ring (bicyclic) bond motifs is 4. The average Bonchev–Trinajstić information content (AvgIpc) is 2.94. The molecule has 1 saturated carbocycles. The number of halogens is 1. The smallest absolute Gasteiger partial charge is 0.264 e. The summed E-state index contributed by atoms with van der Waals surface area (Å²) in [5.41, 5.74) is 8.13. The molecule has 6 rings (SSSR count). The zero-order chi connectivity index (χ0) is 26.1. The number of ether oxygens (including phenoxy) is 1. The largest absolute Gasteiger partial charge is 0.495 e. The summed E-state index contributed by atoms with van der Waals surface area (Å²) in [5, 5.41) is 5.11. The molecule has 2 aliphatic carbocycles. The molecule has 0 amide bonds. The van der Waals surface area contributed by atoms with E-state index >= 15 is 0 Å². The normalized spacial score (nSPS) is 15.7. The minimum atomic E-state index is -0.221. The maximum atomic E-state index is 14.6. The van der Waals surface area contributed by atoms with Gasteiger partial charge in [0.1, 0.15) is 5.75 Å². The summed E-state index contributed by atoms with van der Waals surface area (Å²) in [6.07, 6.45) is 7.94. The van der Waals surface area contributed by atoms with Gasteiger partial charge in [-0.15, -0.1) is 0 Å². The van der Waals surface area contributed by atoms with Crippen LogP contribution in [0.25, 0.3) is 16.9 Å². The molecule has 0 bridgehead atoms. The predicted octanol–water partition coefficient (Wildman–Crippen LogP) is 6.77. The maximum Gasteiger partial charge on any atom is 0.264 e. The van der Waals surface area contributed by atoms with Crippen LogP contribution in [0.4, 0.5) is 5.95 Å². The van der Waals surface area contributed by atoms with E-state index in [0.717, 1.165) is 54.5 Å². The second-order valence-corrected chi connectivity index (χ2v) is 10.5. The fourth-order valence-electron chi connectivity index (χ4n) is 6.03. The molecule has 7 heteroatoms. The summed E-state index contributed by atoms with van der Waals surface area (Å²) in [7, 11) is 1.61. The first kappa shape index (κ1) is 24.4. The fourth-order valence-corrected chi connectivity index (χ4v) is 6.16. The second-order valence-electron chi connectivity index (χ2n) is 10.1. The van der Waals surface area contributed by atoms with Crippen LogP contribution in [-0.4, -0.2) is 22.9 Å². The van der Waals surface area contributed by atoms with Crippen molar-refractivity contribution in [3.05, 3.63) is 105 Å². The Morgan fingerprint density at radius 1 is 1.00 bits per heavy atom. The number of nitrogens with one attached hydrogen (secondary N) is 1. The number of anilines is 1. The Hall–Kier alpha value is -3.90. The summed E-state index contributed by atoms with van der Waals surface area (Å²) < 4.78 is 7.29. The van der Waals surface area contributed by atoms with E-state index in [1.165, 1.54) is 12.0 Å². The van der Waals surface area contributed by atoms with Gasteiger partial charge in [0.2, 0.25) is 5.95 Å². The van der Waals surface area contributed by atoms with Crippen molar-refractivity contribution in [3.8, 4) is 22.7 Å². The number of methoxy groups -OCH3 is 1. The molecule has 0 unspecified atom stereocenters. The lowest BCUT2D eigenvalue weighted by atomic mass is 9.62. The Balaban J connectivity index is 1.58. The van der Waals surface area contributed by atoms with Crippen molar-refractivity contribution in [1.82, 2.24) is 9.55 Å². The zero-order valence-corrected chi connectivity index (χ0v) is 22.0. The van der Waals surface area contributed by atoms with E-state index in [2.05, 4.69) is 28.7 Å². The summed E-state index contributed by atoms with van der Waals surface area (Å²) in [6, 6.07) is 23.2. The van der Waals surface area contributed by atoms with Crippen molar-refractivity contribution in [3.63, 3.8) is 0 Å². The molecule has 1 N–H and O–H groups in total. The molecule has 1 spiro atoms. The molecule has 1 fully saturated rings. The Labute approximate surface area is 227 Å². The van der Waals surface area contributed by atoms with Gasteiger partial charge in [-0.25, -0.2) is 15.0 Å². The van der Waals surface area contributed by atoms with Crippen LogP contribution in [-0.2, 0) is 11.8 Å². The third kappa shape index (κ3) is 4.29. The molecule has 4 aromatic rings. The topological polar surface area (TPSA) is 68.5 Å². The molecule has 0 aliphatic heterocycles. The minimum absolute atomic E-state index is 0.0694. The molecule has 0 saturated heterocycles. The quantitative estimate of drug-likeness (QED) is 0.231. The summed E-state index contributed by atoms with van der Waals surface area (Å²) in [4.78, 5) is 19.7. The number of hydrogen-bond donors (Lipinski definition) is 1. The van der Waals surface area contributed by atoms with Gasteiger partial charge < -0.3 is 4.74 Å². The highest BCUT2D eigenvalue weighted by Gasteiger charge is 2.43. The lowest BCUT2D eigenvalue weighted by Crippen LogP contribution is -2.43. The highest BCUT2D eigenvalue weighted by atomic mass is 35.5. The third-order valence-electron chi connectivity index (χ3n) is 7.80. The van der Waals surface area contributed by atoms with Gasteiger partial charge in [0.05, 0.1) is 30.3 Å². The Bertz CT molecular complexity index is 1570. The fraction of sp³-hybridized carbons (Fsp3) is 0.258. The number of hydrogen-bond acceptors (Lipinski definition) is 5. The van der Waals surface area contributed by atoms with Gasteiger partial charge in [-0.2, -0.15) is 5.10 Å². The standard InChI is InChI=1S/C31H29ClN4O2/c1-38-26-12-6-5-11-25(26)36-29(37)27-28(34-30(36)35-33-20-21-13-15-23(32)16-14-21)24-10-4-3-9-22(24)19-31(27)17-7-2-8-18-31/h3-6,9-16,20H,2,7-8,17-19H2,1H3,(H,34,35). The minimum Gasteiger partial charge on any atom is -0.495 e. The van der Waals surface area contributed by atoms with Gasteiger partial charge in [-0.3, -0.25) is 4.79 Å². The van der Waals surface area contributed by atoms with Crippen molar-refractivity contribution in [2.75, 3.05) is 12.5 Å². The number of para-hydroxylation sites is 2. The number of hydrazone groups is 1. The number of aromatic nitrogens is 2. The number of rotatable bonds is 5. The van der Waals surface area contributed by atoms with Crippen LogP contribution in [0.1, 0.15) is 48.8 Å². The molecule has 0 radical (unpaired) electrons. The molecule has 192 valence electrons. The van der Waals surface area contributed by atoms with Crippen LogP contribution in [0.2, 0.25) is 5.02 Å². The van der Waals surface area contributed by atoms with Crippen LogP contribution in [0, 0.1) is 0 Å². The van der Waals surface area contributed by atoms with E-state index in [-0.39, 0.29) is 11.0 Å². The molecular weight excluding hydrogens is 496 g/mol. The lowest BCUT2D eigenvalue weighted by molar-refractivity contribution is 0.284. The third-order valence-corrected chi connectivity index (χ3v) is 8.05. The predicted molar refractivity (Wildman–Crippen MR) is 153 cm³/mol. The Kier molecular flexibility index (Phi) is 6.50. The van der Waals surface area contributed by atoms with E-state index < -0.39 is 0 Å². The van der Waals surface area contributed by atoms with Crippen molar-refractivity contribution in [2.24, 2.45) is 5.10 Å². The van der Waals surface area contributed by atoms with E-state index in [1.807, 2.05) is 54.6 Å². The van der Waals surface area contributed by atoms with Crippen molar-refractivity contribution in [2.45, 2.75) is 43.9 Å². The van der Waals surface area contributed by atoms with Crippen molar-refractivity contribution >= 4 is 23.8 Å². The monoisotopic (exact) mass is 524 g/mol. The van der Waals surface area contributed by atoms with Crippen molar-refractivity contribution < 1.29 is 4.74 Å². The maximum absolute atomic E-state index is 14.6. The van der Waals surface area contributed by atoms with Crippen LogP contribution >= 0.6 is 11.6 Å². The summed E-state index contributed by atoms with van der Waals surface area (Å²) in [5.74, 6) is 0.932. The van der Waals surface area contributed by atoms with Gasteiger partial charge in [0.25, 0.3) is 5.56 Å². The zero-order valence-electron chi connectivity index (χ0n) is 21.3. The van der Waals surface area contributed by atoms with E-state index in [0.29, 0.717) is 22.4 Å². The molecule has 2 aliphatic rings. The number of nitrogens with zero attached hydrogens (tertiary/aromatic N) is 3. The van der Waals surface area contributed by atoms with Crippen LogP contribution in [0.15, 0.2) is 82.7 Å². The van der Waals surface area contributed by atoms with E-state index in [1.54, 1.807) is 17.9 Å². The molecule has 1 aromatic heterocycles. The molecule has 3 aromatic carbocycles. The van der Waals surface area contributed by atoms with Gasteiger partial charge in [0.15, 0.2) is 0 Å². The lowest BCUT2D eigenvalue weighted by Gasteiger charge is -2.42. The molecule has 38 heavy (non-hydrogen) atoms. The van der Waals surface area contributed by atoms with Crippen molar-refractivity contribution in [1.29, 1.82) is 0 Å². The van der Waals surface area contributed by atoms with E-state index in [4.69, 9.17) is 21.3 Å². The molecule has 6 nitrogen and oxygen atoms in total. The highest BCUT2D eigenvalue weighted by molar-refractivity contribution is 6.30. The SMILES string of the molecule is COc1ccccc1-n1c(NN=Cc2ccc(Cl)cc2)nc2c(c1=O)C1(CCCCC1)Cc1ccccc1-2. The van der Waals surface area contributed by atoms with E-state index in [9.17, 15) is 4.79 Å².